The van der Waals surface area contributed by atoms with E-state index in [9.17, 15) is 4.79 Å². The van der Waals surface area contributed by atoms with E-state index < -0.39 is 5.41 Å². The Morgan fingerprint density at radius 1 is 1.18 bits per heavy atom. The first-order valence-electron chi connectivity index (χ1n) is 11.9. The number of carbonyl (C=O) groups excluding carboxylic acids is 1. The van der Waals surface area contributed by atoms with E-state index in [1.54, 1.807) is 0 Å². The Morgan fingerprint density at radius 2 is 2.06 bits per heavy atom. The third-order valence-corrected chi connectivity index (χ3v) is 7.69. The van der Waals surface area contributed by atoms with Crippen LogP contribution in [0.5, 0.6) is 0 Å². The highest BCUT2D eigenvalue weighted by Crippen LogP contribution is 2.51. The maximum atomic E-state index is 13.6. The summed E-state index contributed by atoms with van der Waals surface area (Å²) in [6.07, 6.45) is 8.35. The van der Waals surface area contributed by atoms with Crippen LogP contribution in [0, 0.1) is 0 Å². The Bertz CT molecular complexity index is 1270. The highest BCUT2D eigenvalue weighted by molar-refractivity contribution is 6.00. The number of benzene rings is 1. The number of hydrogen-bond donors (Lipinski definition) is 2. The number of amides is 1. The van der Waals surface area contributed by atoms with Gasteiger partial charge in [0.25, 0.3) is 5.91 Å². The number of fused-ring (bicyclic) bond motifs is 2. The number of carbonyl (C=O) groups is 1. The van der Waals surface area contributed by atoms with Gasteiger partial charge in [-0.1, -0.05) is 25.1 Å². The van der Waals surface area contributed by atoms with Gasteiger partial charge in [-0.25, -0.2) is 0 Å². The molecule has 6 nitrogen and oxygen atoms in total. The van der Waals surface area contributed by atoms with Crippen molar-refractivity contribution in [2.45, 2.75) is 70.0 Å². The molecule has 33 heavy (non-hydrogen) atoms. The maximum Gasteiger partial charge on any atom is 0.250 e. The Hall–Kier alpha value is -3.28. The van der Waals surface area contributed by atoms with E-state index in [-0.39, 0.29) is 17.6 Å². The molecule has 1 aliphatic carbocycles. The number of azo groups is 1. The van der Waals surface area contributed by atoms with Crippen LogP contribution >= 0.6 is 0 Å². The molecule has 0 bridgehead atoms. The summed E-state index contributed by atoms with van der Waals surface area (Å²) in [6.45, 7) is 6.29. The summed E-state index contributed by atoms with van der Waals surface area (Å²) in [4.78, 5) is 18.2. The van der Waals surface area contributed by atoms with Crippen LogP contribution in [0.1, 0.15) is 56.9 Å². The standard InChI is InChI=1S/C27H29N5O/c1-4-27(17-8-5-7-16(13-17)18-11-12-28-21-10-6-9-19(18)21)20-15-29-32-24(20)30-22-14-26(2,3)31-25(33)23(22)27/h5,7-8,11-13,15,24,30H,4,6,9-10,14H2,1-3H3,(H,31,33)/t24?,27-/m1/s1. The number of aryl methyl sites for hydroxylation is 1. The number of aromatic nitrogens is 1. The number of hydrogen-bond acceptors (Lipinski definition) is 5. The number of nitrogens with zero attached hydrogens (tertiary/aromatic N) is 3. The zero-order chi connectivity index (χ0) is 22.8. The molecule has 1 aromatic carbocycles. The van der Waals surface area contributed by atoms with Crippen LogP contribution < -0.4 is 10.6 Å². The predicted octanol–water partition coefficient (Wildman–Crippen LogP) is 4.72. The Kier molecular flexibility index (Phi) is 4.38. The molecule has 0 fully saturated rings. The topological polar surface area (TPSA) is 78.7 Å². The molecule has 1 amide bonds. The zero-order valence-corrected chi connectivity index (χ0v) is 19.4. The second kappa shape index (κ2) is 7.11. The fourth-order valence-corrected chi connectivity index (χ4v) is 6.29. The van der Waals surface area contributed by atoms with E-state index in [1.807, 2.05) is 12.4 Å². The largest absolute Gasteiger partial charge is 0.362 e. The van der Waals surface area contributed by atoms with Gasteiger partial charge in [0.1, 0.15) is 0 Å². The van der Waals surface area contributed by atoms with Gasteiger partial charge in [-0.2, -0.15) is 10.2 Å². The summed E-state index contributed by atoms with van der Waals surface area (Å²) in [6, 6.07) is 10.9. The van der Waals surface area contributed by atoms with Crippen LogP contribution in [0.25, 0.3) is 11.1 Å². The Labute approximate surface area is 194 Å². The summed E-state index contributed by atoms with van der Waals surface area (Å²) in [5.41, 5.74) is 8.14. The minimum Gasteiger partial charge on any atom is -0.362 e. The van der Waals surface area contributed by atoms with Gasteiger partial charge in [-0.3, -0.25) is 9.78 Å². The summed E-state index contributed by atoms with van der Waals surface area (Å²) in [5.74, 6) is -0.00273. The lowest BCUT2D eigenvalue weighted by molar-refractivity contribution is -0.120. The van der Waals surface area contributed by atoms with Crippen molar-refractivity contribution in [3.8, 4) is 11.1 Å². The first-order valence-corrected chi connectivity index (χ1v) is 11.9. The molecule has 1 unspecified atom stereocenters. The van der Waals surface area contributed by atoms with Gasteiger partial charge in [-0.05, 0) is 73.9 Å². The van der Waals surface area contributed by atoms with Crippen LogP contribution in [-0.4, -0.2) is 22.6 Å². The predicted molar refractivity (Wildman–Crippen MR) is 127 cm³/mol. The van der Waals surface area contributed by atoms with Crippen molar-refractivity contribution in [3.05, 3.63) is 76.4 Å². The SMILES string of the molecule is CC[C@@]1(c2cccc(-c3ccnc4c3CCC4)c2)C2=CN=NC2NC2=C1C(=O)NC(C)(C)C2. The fourth-order valence-electron chi connectivity index (χ4n) is 6.29. The molecule has 2 aromatic rings. The molecular weight excluding hydrogens is 410 g/mol. The lowest BCUT2D eigenvalue weighted by atomic mass is 9.62. The van der Waals surface area contributed by atoms with Gasteiger partial charge in [0.2, 0.25) is 0 Å². The smallest absolute Gasteiger partial charge is 0.250 e. The van der Waals surface area contributed by atoms with E-state index >= 15 is 0 Å². The second-order valence-corrected chi connectivity index (χ2v) is 10.2. The minimum absolute atomic E-state index is 0.00273. The van der Waals surface area contributed by atoms with Gasteiger partial charge in [-0.15, -0.1) is 0 Å². The van der Waals surface area contributed by atoms with Crippen molar-refractivity contribution < 1.29 is 4.79 Å². The monoisotopic (exact) mass is 439 g/mol. The number of nitrogens with one attached hydrogen (secondary N) is 2. The first kappa shape index (κ1) is 20.3. The second-order valence-electron chi connectivity index (χ2n) is 10.2. The molecule has 2 N–H and O–H groups in total. The molecule has 4 aliphatic rings. The number of pyridine rings is 1. The van der Waals surface area contributed by atoms with Crippen molar-refractivity contribution in [1.29, 1.82) is 0 Å². The van der Waals surface area contributed by atoms with E-state index in [4.69, 9.17) is 0 Å². The molecule has 6 heteroatoms. The summed E-state index contributed by atoms with van der Waals surface area (Å²) in [7, 11) is 0. The average Bonchev–Trinajstić information content (AvgIpc) is 3.46. The number of rotatable bonds is 3. The molecular formula is C27H29N5O. The molecule has 0 spiro atoms. The lowest BCUT2D eigenvalue weighted by Crippen LogP contribution is -2.58. The van der Waals surface area contributed by atoms with Crippen molar-refractivity contribution >= 4 is 5.91 Å². The van der Waals surface area contributed by atoms with Gasteiger partial charge in [0.05, 0.1) is 17.2 Å². The van der Waals surface area contributed by atoms with Crippen molar-refractivity contribution in [3.63, 3.8) is 0 Å². The van der Waals surface area contributed by atoms with E-state index in [0.29, 0.717) is 0 Å². The van der Waals surface area contributed by atoms with Crippen molar-refractivity contribution in [2.24, 2.45) is 10.2 Å². The third-order valence-electron chi connectivity index (χ3n) is 7.69. The normalized spacial score (nSPS) is 26.8. The Balaban J connectivity index is 1.56. The van der Waals surface area contributed by atoms with Crippen molar-refractivity contribution in [1.82, 2.24) is 15.6 Å². The van der Waals surface area contributed by atoms with E-state index in [2.05, 4.69) is 76.9 Å². The molecule has 0 radical (unpaired) electrons. The molecule has 168 valence electrons. The van der Waals surface area contributed by atoms with Gasteiger partial charge < -0.3 is 10.6 Å². The maximum absolute atomic E-state index is 13.6. The molecule has 4 heterocycles. The highest BCUT2D eigenvalue weighted by Gasteiger charge is 2.53. The van der Waals surface area contributed by atoms with E-state index in [1.165, 1.54) is 22.4 Å². The molecule has 6 rings (SSSR count). The van der Waals surface area contributed by atoms with E-state index in [0.717, 1.165) is 54.5 Å². The third kappa shape index (κ3) is 2.93. The quantitative estimate of drug-likeness (QED) is 0.727. The summed E-state index contributed by atoms with van der Waals surface area (Å²) < 4.78 is 0. The zero-order valence-electron chi connectivity index (χ0n) is 19.4. The summed E-state index contributed by atoms with van der Waals surface area (Å²) in [5, 5.41) is 15.5. The van der Waals surface area contributed by atoms with Crippen LogP contribution in [0.2, 0.25) is 0 Å². The van der Waals surface area contributed by atoms with Crippen LogP contribution in [-0.2, 0) is 23.1 Å². The fraction of sp³-hybridized carbons (Fsp3) is 0.407. The van der Waals surface area contributed by atoms with Crippen LogP contribution in [0.15, 0.2) is 69.8 Å². The van der Waals surface area contributed by atoms with Gasteiger partial charge in [0, 0.05) is 35.1 Å². The van der Waals surface area contributed by atoms with Crippen LogP contribution in [0.4, 0.5) is 0 Å². The lowest BCUT2D eigenvalue weighted by Gasteiger charge is -2.48. The molecule has 0 saturated heterocycles. The van der Waals surface area contributed by atoms with Gasteiger partial charge >= 0.3 is 0 Å². The van der Waals surface area contributed by atoms with Crippen LogP contribution in [0.3, 0.4) is 0 Å². The highest BCUT2D eigenvalue weighted by atomic mass is 16.2. The molecule has 3 aliphatic heterocycles. The Morgan fingerprint density at radius 3 is 2.91 bits per heavy atom. The summed E-state index contributed by atoms with van der Waals surface area (Å²) >= 11 is 0. The average molecular weight is 440 g/mol. The molecule has 1 aromatic heterocycles. The van der Waals surface area contributed by atoms with Gasteiger partial charge in [0.15, 0.2) is 6.17 Å². The minimum atomic E-state index is -0.568. The van der Waals surface area contributed by atoms with Crippen molar-refractivity contribution in [2.75, 3.05) is 0 Å². The molecule has 2 atom stereocenters. The molecule has 0 saturated carbocycles. The first-order chi connectivity index (χ1) is 15.9.